The van der Waals surface area contributed by atoms with Crippen molar-refractivity contribution in [3.05, 3.63) is 29.8 Å². The molecule has 2 rings (SSSR count). The van der Waals surface area contributed by atoms with Gasteiger partial charge in [0, 0.05) is 11.1 Å². The van der Waals surface area contributed by atoms with Gasteiger partial charge in [0.2, 0.25) is 0 Å². The number of rotatable bonds is 1. The lowest BCUT2D eigenvalue weighted by molar-refractivity contribution is 0.577. The summed E-state index contributed by atoms with van der Waals surface area (Å²) < 4.78 is 5.40. The minimum Gasteiger partial charge on any atom is -0.460 e. The minimum atomic E-state index is 0.879. The number of hydrogen-bond donors (Lipinski definition) is 0. The van der Waals surface area contributed by atoms with Gasteiger partial charge in [-0.2, -0.15) is 0 Å². The van der Waals surface area contributed by atoms with Gasteiger partial charge < -0.3 is 4.42 Å². The largest absolute Gasteiger partial charge is 0.460 e. The molecule has 0 amide bonds. The van der Waals surface area contributed by atoms with E-state index in [0.29, 0.717) is 0 Å². The van der Waals surface area contributed by atoms with E-state index in [4.69, 9.17) is 4.42 Å². The highest BCUT2D eigenvalue weighted by Gasteiger charge is 2.00. The Morgan fingerprint density at radius 2 is 2.25 bits per heavy atom. The van der Waals surface area contributed by atoms with Crippen LogP contribution < -0.4 is 0 Å². The van der Waals surface area contributed by atoms with E-state index in [9.17, 15) is 0 Å². The third kappa shape index (κ3) is 1.09. The monoisotopic (exact) mass is 161 g/mol. The van der Waals surface area contributed by atoms with Gasteiger partial charge in [-0.3, -0.25) is 4.98 Å². The fourth-order valence-corrected chi connectivity index (χ4v) is 1.32. The Labute approximate surface area is 71.2 Å². The summed E-state index contributed by atoms with van der Waals surface area (Å²) in [7, 11) is 0. The summed E-state index contributed by atoms with van der Waals surface area (Å²) in [6, 6.07) is 4.11. The number of fused-ring (bicyclic) bond motifs is 1. The fourth-order valence-electron chi connectivity index (χ4n) is 1.32. The molecule has 0 unspecified atom stereocenters. The van der Waals surface area contributed by atoms with E-state index >= 15 is 0 Å². The van der Waals surface area contributed by atoms with Crippen LogP contribution in [0.1, 0.15) is 18.4 Å². The van der Waals surface area contributed by atoms with Crippen molar-refractivity contribution in [3.8, 4) is 0 Å². The first-order chi connectivity index (χ1) is 5.79. The Balaban J connectivity index is 2.66. The molecule has 0 bridgehead atoms. The van der Waals surface area contributed by atoms with Gasteiger partial charge in [-0.1, -0.05) is 6.92 Å². The molecule has 2 heterocycles. The summed E-state index contributed by atoms with van der Waals surface area (Å²) in [5.74, 6) is 0.944. The van der Waals surface area contributed by atoms with Crippen molar-refractivity contribution < 1.29 is 4.42 Å². The van der Waals surface area contributed by atoms with Crippen molar-refractivity contribution in [1.82, 2.24) is 4.98 Å². The van der Waals surface area contributed by atoms with Crippen LogP contribution in [-0.4, -0.2) is 4.98 Å². The average Bonchev–Trinajstić information content (AvgIpc) is 2.43. The molecular weight excluding hydrogens is 150 g/mol. The molecule has 0 aliphatic heterocycles. The summed E-state index contributed by atoms with van der Waals surface area (Å²) in [4.78, 5) is 4.24. The highest BCUT2D eigenvalue weighted by molar-refractivity contribution is 5.77. The normalized spacial score (nSPS) is 10.8. The first-order valence-electron chi connectivity index (χ1n) is 4.14. The van der Waals surface area contributed by atoms with Crippen molar-refractivity contribution in [2.45, 2.75) is 20.3 Å². The van der Waals surface area contributed by atoms with Gasteiger partial charge in [0.15, 0.2) is 5.58 Å². The summed E-state index contributed by atoms with van der Waals surface area (Å²) in [5, 5.41) is 1.15. The van der Waals surface area contributed by atoms with Crippen LogP contribution in [0.5, 0.6) is 0 Å². The lowest BCUT2D eigenvalue weighted by Crippen LogP contribution is -1.83. The number of pyridine rings is 1. The van der Waals surface area contributed by atoms with Crippen LogP contribution in [0.25, 0.3) is 11.0 Å². The Morgan fingerprint density at radius 1 is 1.42 bits per heavy atom. The zero-order valence-electron chi connectivity index (χ0n) is 7.29. The maximum atomic E-state index is 5.40. The molecule has 62 valence electrons. The van der Waals surface area contributed by atoms with Crippen LogP contribution in [0.2, 0.25) is 0 Å². The quantitative estimate of drug-likeness (QED) is 0.642. The molecule has 2 aromatic rings. The molecule has 0 radical (unpaired) electrons. The molecular formula is C10H11NO. The molecule has 0 N–H and O–H groups in total. The fraction of sp³-hybridized carbons (Fsp3) is 0.300. The molecule has 0 aliphatic carbocycles. The van der Waals surface area contributed by atoms with E-state index in [1.807, 2.05) is 13.0 Å². The highest BCUT2D eigenvalue weighted by atomic mass is 16.3. The zero-order chi connectivity index (χ0) is 8.55. The molecule has 0 aromatic carbocycles. The number of aromatic nitrogens is 1. The average molecular weight is 161 g/mol. The van der Waals surface area contributed by atoms with Crippen molar-refractivity contribution in [1.29, 1.82) is 0 Å². The molecule has 2 nitrogen and oxygen atoms in total. The van der Waals surface area contributed by atoms with Gasteiger partial charge in [0.25, 0.3) is 0 Å². The predicted octanol–water partition coefficient (Wildman–Crippen LogP) is 2.70. The number of furan rings is 1. The Hall–Kier alpha value is -1.31. The topological polar surface area (TPSA) is 26.0 Å². The van der Waals surface area contributed by atoms with E-state index in [1.54, 1.807) is 6.20 Å². The summed E-state index contributed by atoms with van der Waals surface area (Å²) >= 11 is 0. The lowest BCUT2D eigenvalue weighted by atomic mass is 10.2. The first kappa shape index (κ1) is 7.35. The van der Waals surface area contributed by atoms with Crippen molar-refractivity contribution in [2.24, 2.45) is 0 Å². The number of nitrogens with zero attached hydrogens (tertiary/aromatic N) is 1. The molecule has 0 spiro atoms. The second-order valence-electron chi connectivity index (χ2n) is 2.92. The predicted molar refractivity (Wildman–Crippen MR) is 48.1 cm³/mol. The standard InChI is InChI=1S/C10H11NO/c1-3-9-5-8-4-7(2)12-10(8)6-11-9/h4-6H,3H2,1-2H3. The SMILES string of the molecule is CCc1cc2cc(C)oc2cn1. The second-order valence-corrected chi connectivity index (χ2v) is 2.92. The summed E-state index contributed by atoms with van der Waals surface area (Å²) in [6.45, 7) is 4.05. The molecule has 0 atom stereocenters. The Morgan fingerprint density at radius 3 is 3.00 bits per heavy atom. The smallest absolute Gasteiger partial charge is 0.152 e. The third-order valence-corrected chi connectivity index (χ3v) is 1.95. The Kier molecular flexibility index (Phi) is 1.61. The van der Waals surface area contributed by atoms with Crippen LogP contribution >= 0.6 is 0 Å². The van der Waals surface area contributed by atoms with Gasteiger partial charge in [0.05, 0.1) is 6.20 Å². The first-order valence-corrected chi connectivity index (χ1v) is 4.14. The van der Waals surface area contributed by atoms with E-state index < -0.39 is 0 Å². The Bertz CT molecular complexity index is 403. The second kappa shape index (κ2) is 2.63. The van der Waals surface area contributed by atoms with Gasteiger partial charge >= 0.3 is 0 Å². The molecule has 0 saturated carbocycles. The molecule has 0 saturated heterocycles. The lowest BCUT2D eigenvalue weighted by Gasteiger charge is -1.92. The van der Waals surface area contributed by atoms with Crippen LogP contribution in [-0.2, 0) is 6.42 Å². The third-order valence-electron chi connectivity index (χ3n) is 1.95. The summed E-state index contributed by atoms with van der Waals surface area (Å²) in [5.41, 5.74) is 1.99. The van der Waals surface area contributed by atoms with Crippen LogP contribution in [0.3, 0.4) is 0 Å². The minimum absolute atomic E-state index is 0.879. The van der Waals surface area contributed by atoms with Crippen LogP contribution in [0, 0.1) is 6.92 Å². The van der Waals surface area contributed by atoms with Gasteiger partial charge in [-0.05, 0) is 25.5 Å². The van der Waals surface area contributed by atoms with Crippen LogP contribution in [0.15, 0.2) is 22.7 Å². The van der Waals surface area contributed by atoms with Gasteiger partial charge in [-0.15, -0.1) is 0 Å². The van der Waals surface area contributed by atoms with Gasteiger partial charge in [0.1, 0.15) is 5.76 Å². The van der Waals surface area contributed by atoms with Gasteiger partial charge in [-0.25, -0.2) is 0 Å². The number of hydrogen-bond acceptors (Lipinski definition) is 2. The maximum absolute atomic E-state index is 5.40. The molecule has 2 heteroatoms. The maximum Gasteiger partial charge on any atom is 0.152 e. The van der Waals surface area contributed by atoms with E-state index in [2.05, 4.69) is 18.0 Å². The van der Waals surface area contributed by atoms with E-state index in [1.165, 1.54) is 0 Å². The van der Waals surface area contributed by atoms with E-state index in [0.717, 1.165) is 28.8 Å². The van der Waals surface area contributed by atoms with Crippen molar-refractivity contribution in [2.75, 3.05) is 0 Å². The molecule has 12 heavy (non-hydrogen) atoms. The van der Waals surface area contributed by atoms with Crippen molar-refractivity contribution >= 4 is 11.0 Å². The number of aryl methyl sites for hydroxylation is 2. The zero-order valence-corrected chi connectivity index (χ0v) is 7.29. The van der Waals surface area contributed by atoms with Crippen LogP contribution in [0.4, 0.5) is 0 Å². The summed E-state index contributed by atoms with van der Waals surface area (Å²) in [6.07, 6.45) is 2.77. The van der Waals surface area contributed by atoms with E-state index in [-0.39, 0.29) is 0 Å². The highest BCUT2D eigenvalue weighted by Crippen LogP contribution is 2.18. The molecule has 2 aromatic heterocycles. The molecule has 0 aliphatic rings. The molecule has 0 fully saturated rings. The van der Waals surface area contributed by atoms with Crippen molar-refractivity contribution in [3.63, 3.8) is 0 Å².